The molecule has 0 radical (unpaired) electrons. The molecule has 2 aliphatic rings. The number of para-hydroxylation sites is 1. The minimum atomic E-state index is -0.527. The molecule has 130 valence electrons. The Labute approximate surface area is 140 Å². The van der Waals surface area contributed by atoms with Gasteiger partial charge in [0.1, 0.15) is 5.60 Å². The van der Waals surface area contributed by atoms with Crippen molar-refractivity contribution in [3.05, 3.63) is 23.8 Å². The van der Waals surface area contributed by atoms with E-state index in [-0.39, 0.29) is 24.8 Å². The van der Waals surface area contributed by atoms with Gasteiger partial charge in [-0.1, -0.05) is 6.07 Å². The van der Waals surface area contributed by atoms with E-state index in [0.29, 0.717) is 36.6 Å². The molecule has 2 aliphatic heterocycles. The molecule has 1 atom stereocenters. The Kier molecular flexibility index (Phi) is 4.26. The fourth-order valence-corrected chi connectivity index (χ4v) is 2.74. The molecule has 0 aliphatic carbocycles. The molecule has 0 unspecified atom stereocenters. The summed E-state index contributed by atoms with van der Waals surface area (Å²) in [6.07, 6.45) is 0.341. The predicted molar refractivity (Wildman–Crippen MR) is 86.2 cm³/mol. The molecule has 3 rings (SSSR count). The van der Waals surface area contributed by atoms with Gasteiger partial charge in [-0.05, 0) is 39.3 Å². The van der Waals surface area contributed by atoms with Crippen LogP contribution >= 0.6 is 0 Å². The number of amides is 2. The second kappa shape index (κ2) is 6.22. The predicted octanol–water partition coefficient (Wildman–Crippen LogP) is 2.15. The van der Waals surface area contributed by atoms with Crippen LogP contribution in [0.1, 0.15) is 37.6 Å². The number of fused-ring (bicyclic) bond motifs is 1. The van der Waals surface area contributed by atoms with E-state index in [0.717, 1.165) is 0 Å². The zero-order valence-electron chi connectivity index (χ0n) is 14.1. The number of ether oxygens (including phenoxy) is 3. The summed E-state index contributed by atoms with van der Waals surface area (Å²) in [5.74, 6) is 0.815. The van der Waals surface area contributed by atoms with Gasteiger partial charge in [0.05, 0.1) is 5.56 Å². The summed E-state index contributed by atoms with van der Waals surface area (Å²) in [7, 11) is 0. The number of rotatable bonds is 2. The zero-order chi connectivity index (χ0) is 17.3. The smallest absolute Gasteiger partial charge is 0.410 e. The molecule has 0 spiro atoms. The van der Waals surface area contributed by atoms with Crippen LogP contribution in [-0.2, 0) is 4.74 Å². The number of benzene rings is 1. The molecule has 0 aromatic heterocycles. The fourth-order valence-electron chi connectivity index (χ4n) is 2.74. The summed E-state index contributed by atoms with van der Waals surface area (Å²) >= 11 is 0. The van der Waals surface area contributed by atoms with Gasteiger partial charge in [0, 0.05) is 19.1 Å². The summed E-state index contributed by atoms with van der Waals surface area (Å²) in [5, 5.41) is 2.95. The van der Waals surface area contributed by atoms with Gasteiger partial charge in [-0.2, -0.15) is 0 Å². The summed E-state index contributed by atoms with van der Waals surface area (Å²) < 4.78 is 16.0. The third-order valence-electron chi connectivity index (χ3n) is 3.82. The SMILES string of the molecule is CC(C)(C)OC(=O)N1CC[C@H](NC(=O)c2cccc3c2OCO3)C1. The second-order valence-electron chi connectivity index (χ2n) is 6.92. The van der Waals surface area contributed by atoms with Crippen LogP contribution in [0.25, 0.3) is 0 Å². The van der Waals surface area contributed by atoms with Crippen LogP contribution < -0.4 is 14.8 Å². The lowest BCUT2D eigenvalue weighted by atomic mass is 10.1. The van der Waals surface area contributed by atoms with Crippen molar-refractivity contribution in [1.82, 2.24) is 10.2 Å². The van der Waals surface area contributed by atoms with E-state index >= 15 is 0 Å². The number of nitrogens with one attached hydrogen (secondary N) is 1. The summed E-state index contributed by atoms with van der Waals surface area (Å²) in [4.78, 5) is 26.2. The maximum Gasteiger partial charge on any atom is 0.410 e. The summed E-state index contributed by atoms with van der Waals surface area (Å²) in [6.45, 7) is 6.61. The van der Waals surface area contributed by atoms with E-state index in [1.807, 2.05) is 20.8 Å². The van der Waals surface area contributed by atoms with Crippen molar-refractivity contribution in [3.8, 4) is 11.5 Å². The normalized spacial score (nSPS) is 19.3. The Balaban J connectivity index is 1.59. The molecular weight excluding hydrogens is 312 g/mol. The molecule has 1 saturated heterocycles. The minimum absolute atomic E-state index is 0.108. The van der Waals surface area contributed by atoms with Gasteiger partial charge in [-0.25, -0.2) is 4.79 Å². The van der Waals surface area contributed by atoms with E-state index in [1.54, 1.807) is 23.1 Å². The average Bonchev–Trinajstić information content (AvgIpc) is 3.13. The number of carbonyl (C=O) groups is 2. The van der Waals surface area contributed by atoms with E-state index in [4.69, 9.17) is 14.2 Å². The molecule has 1 aromatic carbocycles. The minimum Gasteiger partial charge on any atom is -0.454 e. The molecule has 24 heavy (non-hydrogen) atoms. The highest BCUT2D eigenvalue weighted by Crippen LogP contribution is 2.35. The summed E-state index contributed by atoms with van der Waals surface area (Å²) in [6, 6.07) is 5.11. The van der Waals surface area contributed by atoms with Crippen LogP contribution in [0.3, 0.4) is 0 Å². The molecule has 0 saturated carbocycles. The van der Waals surface area contributed by atoms with Crippen molar-refractivity contribution < 1.29 is 23.8 Å². The molecule has 1 aromatic rings. The molecule has 7 nitrogen and oxygen atoms in total. The lowest BCUT2D eigenvalue weighted by molar-refractivity contribution is 0.0290. The van der Waals surface area contributed by atoms with Crippen LogP contribution in [0, 0.1) is 0 Å². The largest absolute Gasteiger partial charge is 0.454 e. The van der Waals surface area contributed by atoms with Gasteiger partial charge < -0.3 is 24.4 Å². The fraction of sp³-hybridized carbons (Fsp3) is 0.529. The van der Waals surface area contributed by atoms with Crippen LogP contribution in [0.4, 0.5) is 4.79 Å². The Morgan fingerprint density at radius 3 is 2.83 bits per heavy atom. The molecule has 2 heterocycles. The Morgan fingerprint density at radius 2 is 2.08 bits per heavy atom. The number of carbonyl (C=O) groups excluding carboxylic acids is 2. The molecule has 1 N–H and O–H groups in total. The lowest BCUT2D eigenvalue weighted by Gasteiger charge is -2.24. The highest BCUT2D eigenvalue weighted by Gasteiger charge is 2.31. The van der Waals surface area contributed by atoms with Crippen LogP contribution in [0.5, 0.6) is 11.5 Å². The monoisotopic (exact) mass is 334 g/mol. The van der Waals surface area contributed by atoms with Crippen molar-refractivity contribution in [2.75, 3.05) is 19.9 Å². The van der Waals surface area contributed by atoms with Crippen LogP contribution in [0.2, 0.25) is 0 Å². The highest BCUT2D eigenvalue weighted by molar-refractivity contribution is 5.98. The second-order valence-corrected chi connectivity index (χ2v) is 6.92. The van der Waals surface area contributed by atoms with Gasteiger partial charge >= 0.3 is 6.09 Å². The zero-order valence-corrected chi connectivity index (χ0v) is 14.1. The van der Waals surface area contributed by atoms with E-state index in [2.05, 4.69) is 5.32 Å². The average molecular weight is 334 g/mol. The third kappa shape index (κ3) is 3.55. The standard InChI is InChI=1S/C17H22N2O5/c1-17(2,3)24-16(21)19-8-7-11(9-19)18-15(20)12-5-4-6-13-14(12)23-10-22-13/h4-6,11H,7-10H2,1-3H3,(H,18,20)/t11-/m0/s1. The van der Waals surface area contributed by atoms with Crippen molar-refractivity contribution in [3.63, 3.8) is 0 Å². The first kappa shape index (κ1) is 16.4. The van der Waals surface area contributed by atoms with Crippen molar-refractivity contribution >= 4 is 12.0 Å². The first-order chi connectivity index (χ1) is 11.3. The lowest BCUT2D eigenvalue weighted by Crippen LogP contribution is -2.40. The Bertz CT molecular complexity index is 653. The molecule has 1 fully saturated rings. The van der Waals surface area contributed by atoms with Gasteiger partial charge in [0.15, 0.2) is 11.5 Å². The van der Waals surface area contributed by atoms with E-state index < -0.39 is 5.60 Å². The van der Waals surface area contributed by atoms with Gasteiger partial charge in [0.25, 0.3) is 5.91 Å². The number of hydrogen-bond acceptors (Lipinski definition) is 5. The summed E-state index contributed by atoms with van der Waals surface area (Å²) in [5.41, 5.74) is -0.0823. The Morgan fingerprint density at radius 1 is 1.29 bits per heavy atom. The van der Waals surface area contributed by atoms with Crippen LogP contribution in [-0.4, -0.2) is 48.4 Å². The van der Waals surface area contributed by atoms with Crippen molar-refractivity contribution in [1.29, 1.82) is 0 Å². The van der Waals surface area contributed by atoms with Gasteiger partial charge in [-0.3, -0.25) is 4.79 Å². The van der Waals surface area contributed by atoms with Crippen molar-refractivity contribution in [2.24, 2.45) is 0 Å². The highest BCUT2D eigenvalue weighted by atomic mass is 16.7. The van der Waals surface area contributed by atoms with Gasteiger partial charge in [0.2, 0.25) is 6.79 Å². The molecule has 7 heteroatoms. The van der Waals surface area contributed by atoms with Crippen LogP contribution in [0.15, 0.2) is 18.2 Å². The topological polar surface area (TPSA) is 77.1 Å². The number of hydrogen-bond donors (Lipinski definition) is 1. The maximum atomic E-state index is 12.5. The van der Waals surface area contributed by atoms with E-state index in [9.17, 15) is 9.59 Å². The number of likely N-dealkylation sites (tertiary alicyclic amines) is 1. The molecule has 0 bridgehead atoms. The molecule has 2 amide bonds. The quantitative estimate of drug-likeness (QED) is 0.897. The maximum absolute atomic E-state index is 12.5. The first-order valence-corrected chi connectivity index (χ1v) is 8.01. The van der Waals surface area contributed by atoms with Gasteiger partial charge in [-0.15, -0.1) is 0 Å². The molecular formula is C17H22N2O5. The Hall–Kier alpha value is -2.44. The third-order valence-corrected chi connectivity index (χ3v) is 3.82. The van der Waals surface area contributed by atoms with E-state index in [1.165, 1.54) is 0 Å². The number of nitrogens with zero attached hydrogens (tertiary/aromatic N) is 1. The first-order valence-electron chi connectivity index (χ1n) is 8.01. The van der Waals surface area contributed by atoms with Crippen molar-refractivity contribution in [2.45, 2.75) is 38.8 Å².